The molecule has 1 fully saturated rings. The van der Waals surface area contributed by atoms with Crippen molar-refractivity contribution in [2.75, 3.05) is 41.0 Å². The van der Waals surface area contributed by atoms with Gasteiger partial charge in [-0.15, -0.1) is 0 Å². The van der Waals surface area contributed by atoms with Gasteiger partial charge in [-0.3, -0.25) is 4.90 Å². The third-order valence-electron chi connectivity index (χ3n) is 6.05. The van der Waals surface area contributed by atoms with Crippen molar-refractivity contribution in [3.63, 3.8) is 0 Å². The van der Waals surface area contributed by atoms with Gasteiger partial charge in [0.2, 0.25) is 0 Å². The Hall–Kier alpha value is -2.64. The summed E-state index contributed by atoms with van der Waals surface area (Å²) < 4.78 is 33.0. The topological polar surface area (TPSA) is 48.2 Å². The van der Waals surface area contributed by atoms with E-state index in [2.05, 4.69) is 28.5 Å². The van der Waals surface area contributed by atoms with Crippen LogP contribution in [0, 0.1) is 6.92 Å². The number of imidazole rings is 1. The van der Waals surface area contributed by atoms with Crippen LogP contribution in [0.3, 0.4) is 0 Å². The van der Waals surface area contributed by atoms with Gasteiger partial charge in [0.05, 0.1) is 32.2 Å². The third-order valence-corrected chi connectivity index (χ3v) is 6.05. The Morgan fingerprint density at radius 3 is 2.45 bits per heavy atom. The molecule has 0 saturated carbocycles. The number of fused-ring (bicyclic) bond motifs is 1. The Kier molecular flexibility index (Phi) is 6.16. The first kappa shape index (κ1) is 21.6. The van der Waals surface area contributed by atoms with Gasteiger partial charge in [-0.05, 0) is 49.6 Å². The second-order valence-corrected chi connectivity index (χ2v) is 8.27. The number of halogens is 1. The van der Waals surface area contributed by atoms with Crippen LogP contribution in [0.25, 0.3) is 16.9 Å². The number of rotatable bonds is 7. The summed E-state index contributed by atoms with van der Waals surface area (Å²) in [5, 5.41) is 0. The maximum atomic E-state index is 14.8. The molecule has 0 N–H and O–H groups in total. The van der Waals surface area contributed by atoms with E-state index in [0.717, 1.165) is 28.2 Å². The smallest absolute Gasteiger partial charge is 0.161 e. The Morgan fingerprint density at radius 2 is 1.77 bits per heavy atom. The monoisotopic (exact) mass is 427 g/mol. The molecule has 1 aromatic carbocycles. The van der Waals surface area contributed by atoms with Crippen LogP contribution >= 0.6 is 0 Å². The largest absolute Gasteiger partial charge is 0.493 e. The molecule has 2 aromatic heterocycles. The Morgan fingerprint density at radius 1 is 1.03 bits per heavy atom. The van der Waals surface area contributed by atoms with Gasteiger partial charge in [-0.1, -0.05) is 6.07 Å². The van der Waals surface area contributed by atoms with Crippen molar-refractivity contribution in [3.8, 4) is 22.8 Å². The second-order valence-electron chi connectivity index (χ2n) is 8.27. The third kappa shape index (κ3) is 4.38. The van der Waals surface area contributed by atoms with E-state index >= 15 is 0 Å². The van der Waals surface area contributed by atoms with Crippen LogP contribution in [-0.4, -0.2) is 61.0 Å². The molecule has 1 aliphatic heterocycles. The summed E-state index contributed by atoms with van der Waals surface area (Å²) in [4.78, 5) is 7.22. The predicted molar refractivity (Wildman–Crippen MR) is 119 cm³/mol. The van der Waals surface area contributed by atoms with E-state index in [-0.39, 0.29) is 6.61 Å². The first-order valence-electron chi connectivity index (χ1n) is 10.6. The number of aromatic nitrogens is 2. The standard InChI is InChI=1S/C24H30FN3O3/c1-17-5-8-22-26-23(18-6-7-20(30-3)21(13-18)31-4)19(28(22)14-17)15-27-11-9-24(25,10-12-27)16-29-2/h5-8,13-14H,9-12,15-16H2,1-4H3. The van der Waals surface area contributed by atoms with Crippen LogP contribution in [0.5, 0.6) is 11.5 Å². The van der Waals surface area contributed by atoms with E-state index in [1.54, 1.807) is 21.3 Å². The number of hydrogen-bond donors (Lipinski definition) is 0. The molecule has 3 heterocycles. The lowest BCUT2D eigenvalue weighted by atomic mass is 9.94. The number of nitrogens with zero attached hydrogens (tertiary/aromatic N) is 3. The number of hydrogen-bond acceptors (Lipinski definition) is 5. The molecule has 0 bridgehead atoms. The fraction of sp³-hybridized carbons (Fsp3) is 0.458. The van der Waals surface area contributed by atoms with Gasteiger partial charge in [0.1, 0.15) is 11.3 Å². The molecule has 0 unspecified atom stereocenters. The maximum Gasteiger partial charge on any atom is 0.161 e. The minimum atomic E-state index is -1.23. The van der Waals surface area contributed by atoms with Crippen molar-refractivity contribution >= 4 is 5.65 Å². The van der Waals surface area contributed by atoms with Gasteiger partial charge in [0, 0.05) is 38.5 Å². The van der Waals surface area contributed by atoms with E-state index < -0.39 is 5.67 Å². The number of alkyl halides is 1. The number of aryl methyl sites for hydroxylation is 1. The van der Waals surface area contributed by atoms with E-state index in [0.29, 0.717) is 44.0 Å². The minimum absolute atomic E-state index is 0.159. The van der Waals surface area contributed by atoms with E-state index in [1.807, 2.05) is 24.3 Å². The number of ether oxygens (including phenoxy) is 3. The summed E-state index contributed by atoms with van der Waals surface area (Å²) in [6.45, 7) is 4.29. The van der Waals surface area contributed by atoms with Gasteiger partial charge in [-0.25, -0.2) is 9.37 Å². The van der Waals surface area contributed by atoms with Gasteiger partial charge < -0.3 is 18.6 Å². The second kappa shape index (κ2) is 8.85. The highest BCUT2D eigenvalue weighted by molar-refractivity contribution is 5.69. The Bertz CT molecular complexity index is 1060. The van der Waals surface area contributed by atoms with Gasteiger partial charge in [0.15, 0.2) is 11.5 Å². The summed E-state index contributed by atoms with van der Waals surface area (Å²) in [6, 6.07) is 9.95. The summed E-state index contributed by atoms with van der Waals surface area (Å²) in [5.41, 5.74) is 3.77. The highest BCUT2D eigenvalue weighted by Gasteiger charge is 2.35. The van der Waals surface area contributed by atoms with Crippen molar-refractivity contribution in [1.29, 1.82) is 0 Å². The van der Waals surface area contributed by atoms with Crippen molar-refractivity contribution in [3.05, 3.63) is 47.8 Å². The summed E-state index contributed by atoms with van der Waals surface area (Å²) in [5.74, 6) is 1.35. The van der Waals surface area contributed by atoms with Crippen LogP contribution in [0.1, 0.15) is 24.1 Å². The lowest BCUT2D eigenvalue weighted by molar-refractivity contribution is -0.0104. The zero-order valence-electron chi connectivity index (χ0n) is 18.7. The molecular formula is C24H30FN3O3. The van der Waals surface area contributed by atoms with Crippen molar-refractivity contribution in [1.82, 2.24) is 14.3 Å². The van der Waals surface area contributed by atoms with Gasteiger partial charge >= 0.3 is 0 Å². The molecule has 1 saturated heterocycles. The number of benzene rings is 1. The summed E-state index contributed by atoms with van der Waals surface area (Å²) >= 11 is 0. The van der Waals surface area contributed by atoms with E-state index in [9.17, 15) is 4.39 Å². The van der Waals surface area contributed by atoms with Crippen LogP contribution in [0.15, 0.2) is 36.5 Å². The Labute approximate surface area is 182 Å². The molecule has 0 amide bonds. The molecular weight excluding hydrogens is 397 g/mol. The lowest BCUT2D eigenvalue weighted by Gasteiger charge is -2.36. The number of likely N-dealkylation sites (tertiary alicyclic amines) is 1. The summed E-state index contributed by atoms with van der Waals surface area (Å²) in [6.07, 6.45) is 3.06. The van der Waals surface area contributed by atoms with E-state index in [1.165, 1.54) is 0 Å². The molecule has 0 aliphatic carbocycles. The molecule has 7 heteroatoms. The Balaban J connectivity index is 1.70. The SMILES string of the molecule is COCC1(F)CCN(Cc2c(-c3ccc(OC)c(OC)c3)nc3ccc(C)cn23)CC1. The van der Waals surface area contributed by atoms with Crippen molar-refractivity contribution in [2.24, 2.45) is 0 Å². The molecule has 0 spiro atoms. The highest BCUT2D eigenvalue weighted by atomic mass is 19.1. The van der Waals surface area contributed by atoms with E-state index in [4.69, 9.17) is 19.2 Å². The fourth-order valence-corrected chi connectivity index (χ4v) is 4.29. The zero-order valence-corrected chi connectivity index (χ0v) is 18.7. The van der Waals surface area contributed by atoms with Crippen LogP contribution in [0.4, 0.5) is 4.39 Å². The molecule has 6 nitrogen and oxygen atoms in total. The average molecular weight is 428 g/mol. The fourth-order valence-electron chi connectivity index (χ4n) is 4.29. The minimum Gasteiger partial charge on any atom is -0.493 e. The van der Waals surface area contributed by atoms with Crippen LogP contribution in [0.2, 0.25) is 0 Å². The molecule has 0 atom stereocenters. The number of piperidine rings is 1. The quantitative estimate of drug-likeness (QED) is 0.563. The van der Waals surface area contributed by atoms with Gasteiger partial charge in [-0.2, -0.15) is 0 Å². The molecule has 31 heavy (non-hydrogen) atoms. The highest BCUT2D eigenvalue weighted by Crippen LogP contribution is 2.35. The van der Waals surface area contributed by atoms with Crippen LogP contribution < -0.4 is 9.47 Å². The average Bonchev–Trinajstić information content (AvgIpc) is 3.12. The molecule has 3 aromatic rings. The first-order valence-corrected chi connectivity index (χ1v) is 10.6. The first-order chi connectivity index (χ1) is 15.0. The maximum absolute atomic E-state index is 14.8. The predicted octanol–water partition coefficient (Wildman–Crippen LogP) is 4.28. The van der Waals surface area contributed by atoms with Crippen molar-refractivity contribution in [2.45, 2.75) is 32.0 Å². The molecule has 1 aliphatic rings. The molecule has 166 valence electrons. The normalized spacial score (nSPS) is 16.5. The van der Waals surface area contributed by atoms with Crippen LogP contribution in [-0.2, 0) is 11.3 Å². The van der Waals surface area contributed by atoms with Gasteiger partial charge in [0.25, 0.3) is 0 Å². The lowest BCUT2D eigenvalue weighted by Crippen LogP contribution is -2.44. The summed E-state index contributed by atoms with van der Waals surface area (Å²) in [7, 11) is 4.82. The molecule has 4 rings (SSSR count). The number of pyridine rings is 1. The van der Waals surface area contributed by atoms with Crippen molar-refractivity contribution < 1.29 is 18.6 Å². The zero-order chi connectivity index (χ0) is 22.0. The number of methoxy groups -OCH3 is 3. The molecule has 0 radical (unpaired) electrons.